The molecule has 2 aromatic carbocycles. The summed E-state index contributed by atoms with van der Waals surface area (Å²) in [5.41, 5.74) is 9.03. The molecule has 0 saturated heterocycles. The Morgan fingerprint density at radius 2 is 1.76 bits per heavy atom. The lowest BCUT2D eigenvalue weighted by atomic mass is 10.2. The summed E-state index contributed by atoms with van der Waals surface area (Å²) in [5, 5.41) is 8.14. The summed E-state index contributed by atoms with van der Waals surface area (Å²) in [7, 11) is -4.02. The average Bonchev–Trinajstić information content (AvgIpc) is 2.52. The van der Waals surface area contributed by atoms with E-state index in [0.29, 0.717) is 15.6 Å². The van der Waals surface area contributed by atoms with E-state index in [1.165, 1.54) is 18.3 Å². The maximum atomic E-state index is 12.0. The number of guanidine groups is 1. The molecule has 0 bridgehead atoms. The molecule has 25 heavy (non-hydrogen) atoms. The lowest BCUT2D eigenvalue weighted by Gasteiger charge is -2.06. The van der Waals surface area contributed by atoms with Crippen LogP contribution in [0.2, 0.25) is 10.0 Å². The van der Waals surface area contributed by atoms with Gasteiger partial charge in [-0.3, -0.25) is 0 Å². The summed E-state index contributed by atoms with van der Waals surface area (Å²) >= 11 is 11.7. The molecule has 0 amide bonds. The molecule has 0 atom stereocenters. The second kappa shape index (κ2) is 8.30. The summed E-state index contributed by atoms with van der Waals surface area (Å²) in [4.78, 5) is -0.0181. The third kappa shape index (κ3) is 6.02. The molecule has 0 spiro atoms. The van der Waals surface area contributed by atoms with E-state index in [1.54, 1.807) is 30.3 Å². The molecule has 2 aromatic rings. The SMILES string of the molecule is Cc1ccc(S(=O)(=O)ONC(N)=NN=Cc2cc(Cl)cc(Cl)c2)cc1. The van der Waals surface area contributed by atoms with E-state index in [4.69, 9.17) is 28.9 Å². The van der Waals surface area contributed by atoms with Crippen LogP contribution in [0.1, 0.15) is 11.1 Å². The molecule has 0 unspecified atom stereocenters. The first-order valence-corrected chi connectivity index (χ1v) is 9.01. The number of benzene rings is 2. The van der Waals surface area contributed by atoms with Crippen molar-refractivity contribution in [2.75, 3.05) is 0 Å². The molecule has 0 aliphatic heterocycles. The van der Waals surface area contributed by atoms with Crippen molar-refractivity contribution >= 4 is 45.5 Å². The van der Waals surface area contributed by atoms with Crippen molar-refractivity contribution in [3.05, 3.63) is 63.6 Å². The van der Waals surface area contributed by atoms with Crippen LogP contribution in [0.3, 0.4) is 0 Å². The highest BCUT2D eigenvalue weighted by atomic mass is 35.5. The predicted molar refractivity (Wildman–Crippen MR) is 98.3 cm³/mol. The van der Waals surface area contributed by atoms with Crippen LogP contribution in [-0.4, -0.2) is 20.6 Å². The van der Waals surface area contributed by atoms with E-state index in [-0.39, 0.29) is 10.9 Å². The van der Waals surface area contributed by atoms with Crippen LogP contribution >= 0.6 is 23.2 Å². The van der Waals surface area contributed by atoms with Gasteiger partial charge in [-0.1, -0.05) is 40.9 Å². The minimum Gasteiger partial charge on any atom is -0.367 e. The first kappa shape index (κ1) is 19.2. The third-order valence-electron chi connectivity index (χ3n) is 2.82. The van der Waals surface area contributed by atoms with Gasteiger partial charge in [-0.15, -0.1) is 9.39 Å². The van der Waals surface area contributed by atoms with Gasteiger partial charge in [0.2, 0.25) is 5.96 Å². The normalized spacial score (nSPS) is 12.5. The fourth-order valence-corrected chi connectivity index (χ4v) is 2.98. The molecule has 0 fully saturated rings. The van der Waals surface area contributed by atoms with Gasteiger partial charge < -0.3 is 5.73 Å². The molecule has 0 heterocycles. The molecule has 7 nitrogen and oxygen atoms in total. The van der Waals surface area contributed by atoms with E-state index in [9.17, 15) is 8.42 Å². The fraction of sp³-hybridized carbons (Fsp3) is 0.0667. The molecular weight excluding hydrogens is 387 g/mol. The average molecular weight is 401 g/mol. The number of hydroxylamine groups is 1. The molecular formula is C15H14Cl2N4O3S. The monoisotopic (exact) mass is 400 g/mol. The van der Waals surface area contributed by atoms with Crippen LogP contribution < -0.4 is 11.2 Å². The van der Waals surface area contributed by atoms with Crippen molar-refractivity contribution in [2.24, 2.45) is 15.9 Å². The minimum atomic E-state index is -4.02. The van der Waals surface area contributed by atoms with Crippen LogP contribution in [0.5, 0.6) is 0 Å². The molecule has 0 saturated carbocycles. The second-order valence-electron chi connectivity index (χ2n) is 4.89. The molecule has 2 rings (SSSR count). The van der Waals surface area contributed by atoms with E-state index in [0.717, 1.165) is 5.56 Å². The van der Waals surface area contributed by atoms with E-state index >= 15 is 0 Å². The molecule has 0 aliphatic carbocycles. The second-order valence-corrected chi connectivity index (χ2v) is 7.30. The molecule has 0 aromatic heterocycles. The number of aryl methyl sites for hydroxylation is 1. The smallest absolute Gasteiger partial charge is 0.317 e. The Hall–Kier alpha value is -2.13. The van der Waals surface area contributed by atoms with Gasteiger partial charge in [0.1, 0.15) is 0 Å². The van der Waals surface area contributed by atoms with Crippen molar-refractivity contribution in [3.8, 4) is 0 Å². The van der Waals surface area contributed by atoms with Gasteiger partial charge in [-0.2, -0.15) is 13.5 Å². The van der Waals surface area contributed by atoms with Gasteiger partial charge in [-0.05, 0) is 42.8 Å². The topological polar surface area (TPSA) is 106 Å². The molecule has 3 N–H and O–H groups in total. The number of rotatable bonds is 5. The van der Waals surface area contributed by atoms with E-state index in [2.05, 4.69) is 14.5 Å². The van der Waals surface area contributed by atoms with Crippen LogP contribution in [0.4, 0.5) is 0 Å². The van der Waals surface area contributed by atoms with Crippen molar-refractivity contribution in [1.82, 2.24) is 5.48 Å². The first-order valence-electron chi connectivity index (χ1n) is 6.85. The van der Waals surface area contributed by atoms with Crippen LogP contribution in [-0.2, 0) is 14.4 Å². The fourth-order valence-electron chi connectivity index (χ4n) is 1.68. The minimum absolute atomic E-state index is 0.0181. The summed E-state index contributed by atoms with van der Waals surface area (Å²) in [5.74, 6) is -0.347. The summed E-state index contributed by atoms with van der Waals surface area (Å²) in [6.45, 7) is 1.84. The zero-order chi connectivity index (χ0) is 18.4. The lowest BCUT2D eigenvalue weighted by molar-refractivity contribution is 0.266. The quantitative estimate of drug-likeness (QED) is 0.455. The number of halogens is 2. The van der Waals surface area contributed by atoms with Gasteiger partial charge >= 0.3 is 10.1 Å². The Labute approximate surface area is 155 Å². The maximum Gasteiger partial charge on any atom is 0.317 e. The third-order valence-corrected chi connectivity index (χ3v) is 4.41. The molecule has 0 radical (unpaired) electrons. The molecule has 0 aliphatic rings. The highest BCUT2D eigenvalue weighted by molar-refractivity contribution is 7.86. The maximum absolute atomic E-state index is 12.0. The van der Waals surface area contributed by atoms with Crippen LogP contribution in [0, 0.1) is 6.92 Å². The van der Waals surface area contributed by atoms with E-state index < -0.39 is 10.1 Å². The van der Waals surface area contributed by atoms with Crippen molar-refractivity contribution < 1.29 is 12.7 Å². The van der Waals surface area contributed by atoms with Gasteiger partial charge in [0.05, 0.1) is 11.1 Å². The zero-order valence-corrected chi connectivity index (χ0v) is 15.3. The Bertz CT molecular complexity index is 893. The molecule has 132 valence electrons. The van der Waals surface area contributed by atoms with Gasteiger partial charge in [0.25, 0.3) is 0 Å². The Morgan fingerprint density at radius 3 is 2.36 bits per heavy atom. The summed E-state index contributed by atoms with van der Waals surface area (Å²) in [6.07, 6.45) is 1.35. The van der Waals surface area contributed by atoms with Crippen LogP contribution in [0.25, 0.3) is 0 Å². The van der Waals surface area contributed by atoms with Crippen LogP contribution in [0.15, 0.2) is 57.6 Å². The zero-order valence-electron chi connectivity index (χ0n) is 13.0. The van der Waals surface area contributed by atoms with Gasteiger partial charge in [0.15, 0.2) is 0 Å². The number of nitrogens with two attached hydrogens (primary N) is 1. The Balaban J connectivity index is 1.99. The van der Waals surface area contributed by atoms with Gasteiger partial charge in [-0.25, -0.2) is 5.48 Å². The lowest BCUT2D eigenvalue weighted by Crippen LogP contribution is -2.33. The standard InChI is InChI=1S/C15H14Cl2N4O3S/c1-10-2-4-14(5-3-10)25(22,23)24-21-15(18)20-19-9-11-6-12(16)8-13(17)7-11/h2-9H,1H3,(H3,18,20,21). The largest absolute Gasteiger partial charge is 0.367 e. The Morgan fingerprint density at radius 1 is 1.16 bits per heavy atom. The first-order chi connectivity index (χ1) is 11.8. The highest BCUT2D eigenvalue weighted by Crippen LogP contribution is 2.17. The van der Waals surface area contributed by atoms with Crippen molar-refractivity contribution in [2.45, 2.75) is 11.8 Å². The number of nitrogens with zero attached hydrogens (tertiary/aromatic N) is 2. The summed E-state index contributed by atoms with van der Waals surface area (Å²) in [6, 6.07) is 10.9. The van der Waals surface area contributed by atoms with Crippen molar-refractivity contribution in [1.29, 1.82) is 0 Å². The summed E-state index contributed by atoms with van der Waals surface area (Å²) < 4.78 is 28.5. The number of nitrogens with one attached hydrogen (secondary N) is 1. The van der Waals surface area contributed by atoms with E-state index in [1.807, 2.05) is 12.4 Å². The van der Waals surface area contributed by atoms with Crippen molar-refractivity contribution in [3.63, 3.8) is 0 Å². The number of hydrogen-bond donors (Lipinski definition) is 2. The predicted octanol–water partition coefficient (Wildman–Crippen LogP) is 2.86. The van der Waals surface area contributed by atoms with Gasteiger partial charge in [0, 0.05) is 10.0 Å². The highest BCUT2D eigenvalue weighted by Gasteiger charge is 2.15. The Kier molecular flexibility index (Phi) is 6.38. The number of hydrogen-bond acceptors (Lipinski definition) is 5. The molecule has 10 heteroatoms.